The number of rotatable bonds is 10. The first kappa shape index (κ1) is 22.7. The minimum absolute atomic E-state index is 0.170. The van der Waals surface area contributed by atoms with Crippen LogP contribution in [0.1, 0.15) is 24.7 Å². The van der Waals surface area contributed by atoms with Crippen molar-refractivity contribution in [3.8, 4) is 5.75 Å². The Kier molecular flexibility index (Phi) is 7.80. The molecule has 2 aromatic carbocycles. The second-order valence-corrected chi connectivity index (χ2v) is 10.2. The van der Waals surface area contributed by atoms with Gasteiger partial charge in [0.1, 0.15) is 17.3 Å². The number of ether oxygens (including phenoxy) is 1. The van der Waals surface area contributed by atoms with Gasteiger partial charge in [-0.1, -0.05) is 41.1 Å². The highest BCUT2D eigenvalue weighted by molar-refractivity contribution is 7.99. The minimum Gasteiger partial charge on any atom is -0.494 e. The number of sulfone groups is 1. The zero-order chi connectivity index (χ0) is 21.6. The molecule has 160 valence electrons. The Morgan fingerprint density at radius 3 is 2.43 bits per heavy atom. The summed E-state index contributed by atoms with van der Waals surface area (Å²) in [6.07, 6.45) is 0.820. The topological polar surface area (TPSA) is 74.1 Å². The van der Waals surface area contributed by atoms with Crippen molar-refractivity contribution in [2.24, 2.45) is 0 Å². The summed E-state index contributed by atoms with van der Waals surface area (Å²) in [6, 6.07) is 14.1. The summed E-state index contributed by atoms with van der Waals surface area (Å²) in [5, 5.41) is 9.74. The van der Waals surface area contributed by atoms with E-state index in [1.54, 1.807) is 48.2 Å². The molecule has 0 bridgehead atoms. The third-order valence-electron chi connectivity index (χ3n) is 4.41. The molecule has 0 aliphatic rings. The Morgan fingerprint density at radius 2 is 1.77 bits per heavy atom. The fourth-order valence-corrected chi connectivity index (χ4v) is 5.12. The standard InChI is InChI=1S/C21H24ClN3O3S2/c1-3-25-20(15-30(26,27)19-11-5-16(2)6-12-19)23-24-21(25)29-14-4-13-28-18-9-7-17(22)8-10-18/h5-12H,3-4,13-15H2,1-2H3. The Labute approximate surface area is 186 Å². The number of thioether (sulfide) groups is 1. The van der Waals surface area contributed by atoms with E-state index < -0.39 is 9.84 Å². The molecule has 0 unspecified atom stereocenters. The van der Waals surface area contributed by atoms with Crippen molar-refractivity contribution >= 4 is 33.2 Å². The molecule has 0 amide bonds. The van der Waals surface area contributed by atoms with Gasteiger partial charge in [-0.05, 0) is 56.7 Å². The van der Waals surface area contributed by atoms with E-state index in [9.17, 15) is 8.42 Å². The van der Waals surface area contributed by atoms with Crippen LogP contribution in [0.4, 0.5) is 0 Å². The fraction of sp³-hybridized carbons (Fsp3) is 0.333. The van der Waals surface area contributed by atoms with Crippen LogP contribution in [0, 0.1) is 6.92 Å². The van der Waals surface area contributed by atoms with Crippen molar-refractivity contribution in [3.05, 3.63) is 64.9 Å². The Hall–Kier alpha value is -2.03. The van der Waals surface area contributed by atoms with E-state index in [1.165, 1.54) is 0 Å². The van der Waals surface area contributed by atoms with E-state index in [0.29, 0.717) is 28.9 Å². The van der Waals surface area contributed by atoms with Crippen LogP contribution in [-0.4, -0.2) is 35.5 Å². The molecule has 3 rings (SSSR count). The van der Waals surface area contributed by atoms with Crippen LogP contribution in [0.2, 0.25) is 5.02 Å². The van der Waals surface area contributed by atoms with Gasteiger partial charge in [0.25, 0.3) is 0 Å². The number of hydrogen-bond donors (Lipinski definition) is 0. The predicted molar refractivity (Wildman–Crippen MR) is 120 cm³/mol. The first-order valence-electron chi connectivity index (χ1n) is 9.61. The average molecular weight is 466 g/mol. The summed E-state index contributed by atoms with van der Waals surface area (Å²) in [5.41, 5.74) is 1.02. The summed E-state index contributed by atoms with van der Waals surface area (Å²) < 4.78 is 33.0. The van der Waals surface area contributed by atoms with Crippen LogP contribution in [0.3, 0.4) is 0 Å². The largest absolute Gasteiger partial charge is 0.494 e. The third kappa shape index (κ3) is 6.00. The molecule has 6 nitrogen and oxygen atoms in total. The molecule has 0 spiro atoms. The Bertz CT molecular complexity index is 1070. The van der Waals surface area contributed by atoms with Gasteiger partial charge < -0.3 is 9.30 Å². The molecular weight excluding hydrogens is 442 g/mol. The van der Waals surface area contributed by atoms with Crippen LogP contribution in [0.5, 0.6) is 5.75 Å². The van der Waals surface area contributed by atoms with Crippen LogP contribution < -0.4 is 4.74 Å². The highest BCUT2D eigenvalue weighted by Gasteiger charge is 2.21. The minimum atomic E-state index is -3.47. The average Bonchev–Trinajstić information content (AvgIpc) is 3.10. The van der Waals surface area contributed by atoms with E-state index >= 15 is 0 Å². The number of benzene rings is 2. The Balaban J connectivity index is 1.56. The fourth-order valence-electron chi connectivity index (χ4n) is 2.79. The van der Waals surface area contributed by atoms with Gasteiger partial charge in [-0.25, -0.2) is 8.42 Å². The maximum atomic E-state index is 12.7. The highest BCUT2D eigenvalue weighted by atomic mass is 35.5. The van der Waals surface area contributed by atoms with Gasteiger partial charge in [0.05, 0.1) is 11.5 Å². The summed E-state index contributed by atoms with van der Waals surface area (Å²) in [6.45, 7) is 5.06. The lowest BCUT2D eigenvalue weighted by Gasteiger charge is -2.09. The second kappa shape index (κ2) is 10.3. The zero-order valence-corrected chi connectivity index (χ0v) is 19.3. The number of halogens is 1. The van der Waals surface area contributed by atoms with Gasteiger partial charge in [0, 0.05) is 17.3 Å². The lowest BCUT2D eigenvalue weighted by atomic mass is 10.2. The molecule has 9 heteroatoms. The normalized spacial score (nSPS) is 11.6. The molecule has 0 N–H and O–H groups in total. The van der Waals surface area contributed by atoms with Crippen molar-refractivity contribution in [2.45, 2.75) is 42.6 Å². The van der Waals surface area contributed by atoms with E-state index in [1.807, 2.05) is 30.5 Å². The maximum Gasteiger partial charge on any atom is 0.191 e. The summed E-state index contributed by atoms with van der Waals surface area (Å²) in [7, 11) is -3.47. The number of nitrogens with zero attached hydrogens (tertiary/aromatic N) is 3. The van der Waals surface area contributed by atoms with E-state index in [-0.39, 0.29) is 5.75 Å². The predicted octanol–water partition coefficient (Wildman–Crippen LogP) is 4.79. The highest BCUT2D eigenvalue weighted by Crippen LogP contribution is 2.22. The maximum absolute atomic E-state index is 12.7. The summed E-state index contributed by atoms with van der Waals surface area (Å²) in [5.74, 6) is 1.86. The van der Waals surface area contributed by atoms with E-state index in [2.05, 4.69) is 10.2 Å². The first-order chi connectivity index (χ1) is 14.4. The van der Waals surface area contributed by atoms with Crippen molar-refractivity contribution in [1.29, 1.82) is 0 Å². The zero-order valence-electron chi connectivity index (χ0n) is 16.9. The molecule has 0 aliphatic heterocycles. The molecule has 0 saturated heterocycles. The molecule has 30 heavy (non-hydrogen) atoms. The smallest absolute Gasteiger partial charge is 0.191 e. The first-order valence-corrected chi connectivity index (χ1v) is 12.6. The molecule has 0 fully saturated rings. The van der Waals surface area contributed by atoms with Crippen LogP contribution >= 0.6 is 23.4 Å². The SMILES string of the molecule is CCn1c(CS(=O)(=O)c2ccc(C)cc2)nnc1SCCCOc1ccc(Cl)cc1. The van der Waals surface area contributed by atoms with Crippen LogP contribution in [0.15, 0.2) is 58.6 Å². The lowest BCUT2D eigenvalue weighted by molar-refractivity contribution is 0.318. The van der Waals surface area contributed by atoms with Gasteiger partial charge in [0.2, 0.25) is 0 Å². The van der Waals surface area contributed by atoms with Crippen LogP contribution in [0.25, 0.3) is 0 Å². The number of hydrogen-bond acceptors (Lipinski definition) is 6. The number of aromatic nitrogens is 3. The molecule has 1 heterocycles. The molecule has 0 radical (unpaired) electrons. The van der Waals surface area contributed by atoms with E-state index in [4.69, 9.17) is 16.3 Å². The summed E-state index contributed by atoms with van der Waals surface area (Å²) in [4.78, 5) is 0.298. The Morgan fingerprint density at radius 1 is 1.07 bits per heavy atom. The molecular formula is C21H24ClN3O3S2. The summed E-state index contributed by atoms with van der Waals surface area (Å²) >= 11 is 7.41. The molecule has 0 aliphatic carbocycles. The molecule has 1 aromatic heterocycles. The number of aryl methyl sites for hydroxylation is 1. The molecule has 0 saturated carbocycles. The van der Waals surface area contributed by atoms with Gasteiger partial charge >= 0.3 is 0 Å². The monoisotopic (exact) mass is 465 g/mol. The van der Waals surface area contributed by atoms with Gasteiger partial charge in [0.15, 0.2) is 15.0 Å². The van der Waals surface area contributed by atoms with Crippen molar-refractivity contribution in [1.82, 2.24) is 14.8 Å². The van der Waals surface area contributed by atoms with E-state index in [0.717, 1.165) is 28.6 Å². The second-order valence-electron chi connectivity index (χ2n) is 6.72. The van der Waals surface area contributed by atoms with Crippen molar-refractivity contribution in [2.75, 3.05) is 12.4 Å². The van der Waals surface area contributed by atoms with Gasteiger partial charge in [-0.2, -0.15) is 0 Å². The third-order valence-corrected chi connectivity index (χ3v) is 7.34. The van der Waals surface area contributed by atoms with Crippen molar-refractivity contribution in [3.63, 3.8) is 0 Å². The molecule has 0 atom stereocenters. The van der Waals surface area contributed by atoms with Crippen LogP contribution in [-0.2, 0) is 22.1 Å². The quantitative estimate of drug-likeness (QED) is 0.316. The lowest BCUT2D eigenvalue weighted by Crippen LogP contribution is -2.11. The molecule has 3 aromatic rings. The van der Waals surface area contributed by atoms with Crippen molar-refractivity contribution < 1.29 is 13.2 Å². The van der Waals surface area contributed by atoms with Gasteiger partial charge in [-0.3, -0.25) is 0 Å². The van der Waals surface area contributed by atoms with Gasteiger partial charge in [-0.15, -0.1) is 10.2 Å².